The zero-order valence-corrected chi connectivity index (χ0v) is 25.7. The van der Waals surface area contributed by atoms with E-state index in [0.29, 0.717) is 27.7 Å². The maximum absolute atomic E-state index is 14.3. The molecule has 1 aromatic carbocycles. The van der Waals surface area contributed by atoms with Crippen LogP contribution >= 0.6 is 0 Å². The van der Waals surface area contributed by atoms with E-state index in [1.165, 1.54) is 24.6 Å². The van der Waals surface area contributed by atoms with E-state index in [1.54, 1.807) is 29.9 Å². The van der Waals surface area contributed by atoms with Crippen LogP contribution in [-0.4, -0.2) is 58.7 Å². The van der Waals surface area contributed by atoms with Crippen LogP contribution in [0.25, 0.3) is 27.7 Å². The van der Waals surface area contributed by atoms with Gasteiger partial charge in [0, 0.05) is 54.1 Å². The molecule has 47 heavy (non-hydrogen) atoms. The maximum Gasteiger partial charge on any atom is 0.433 e. The fraction of sp³-hybridized carbons (Fsp3) is 0.353. The number of aromatic nitrogens is 5. The normalized spacial score (nSPS) is 23.5. The van der Waals surface area contributed by atoms with Crippen LogP contribution in [0.1, 0.15) is 66.3 Å². The van der Waals surface area contributed by atoms with E-state index in [9.17, 15) is 27.6 Å². The highest BCUT2D eigenvalue weighted by Crippen LogP contribution is 2.59. The van der Waals surface area contributed by atoms with E-state index in [4.69, 9.17) is 6.85 Å². The Bertz CT molecular complexity index is 2350. The lowest BCUT2D eigenvalue weighted by molar-refractivity contribution is -0.141. The number of aryl methyl sites for hydroxylation is 3. The van der Waals surface area contributed by atoms with E-state index in [0.717, 1.165) is 28.3 Å². The molecule has 0 spiro atoms. The SMILES string of the molecule is [2H]C([2H])([2H])[C@@]12C[C@@H](C(=O)Nc3nc(C(F)(F)F)ccc3C)N(C(=O)Cn3cc(C(C)=O)c4cc(-c5cnc6cc(C)nn6c5)cc(C)c43)[C@@H]1C2([2H])[2H]. The van der Waals surface area contributed by atoms with Gasteiger partial charge in [-0.05, 0) is 80.8 Å². The van der Waals surface area contributed by atoms with E-state index >= 15 is 0 Å². The molecular formula is C34H32F3N7O3. The summed E-state index contributed by atoms with van der Waals surface area (Å²) in [7, 11) is 0. The van der Waals surface area contributed by atoms with Gasteiger partial charge in [-0.3, -0.25) is 14.4 Å². The number of hydrogen-bond donors (Lipinski definition) is 1. The number of ketones is 1. The zero-order chi connectivity index (χ0) is 37.9. The minimum absolute atomic E-state index is 0.184. The number of rotatable bonds is 6. The first kappa shape index (κ1) is 25.1. The van der Waals surface area contributed by atoms with Gasteiger partial charge >= 0.3 is 6.18 Å². The number of alkyl halides is 3. The second-order valence-corrected chi connectivity index (χ2v) is 12.2. The molecule has 1 saturated carbocycles. The number of piperidine rings is 1. The average Bonchev–Trinajstić information content (AvgIpc) is 3.49. The summed E-state index contributed by atoms with van der Waals surface area (Å²) in [4.78, 5) is 49.9. The standard InChI is InChI=1S/C34H32F3N7O3/c1-17-6-7-26(34(35,36)37)39-31(17)40-32(47)25-11-33(5)12-27(33)44(25)29(46)16-42-15-24(20(4)45)23-10-21(8-18(2)30(23)42)22-13-38-28-9-19(3)41-43(28)14-22/h6-10,13-15,25,27H,11-12,16H2,1-5H3,(H,39,40,47)/t25-,27+,33-/m0/s1/i5D3,12D2. The molecule has 1 saturated heterocycles. The number of carbonyl (C=O) groups is 3. The van der Waals surface area contributed by atoms with Gasteiger partial charge in [0.05, 0.1) is 11.2 Å². The van der Waals surface area contributed by atoms with Gasteiger partial charge in [0.1, 0.15) is 24.1 Å². The molecule has 1 aliphatic heterocycles. The van der Waals surface area contributed by atoms with Crippen molar-refractivity contribution in [2.75, 3.05) is 5.32 Å². The molecule has 13 heteroatoms. The van der Waals surface area contributed by atoms with Crippen molar-refractivity contribution in [1.82, 2.24) is 29.0 Å². The highest BCUT2D eigenvalue weighted by molar-refractivity contribution is 6.09. The van der Waals surface area contributed by atoms with Crippen molar-refractivity contribution < 1.29 is 34.4 Å². The molecule has 1 aliphatic carbocycles. The number of fused-ring (bicyclic) bond motifs is 3. The number of hydrogen-bond acceptors (Lipinski definition) is 6. The van der Waals surface area contributed by atoms with Crippen LogP contribution in [0.2, 0.25) is 0 Å². The number of carbonyl (C=O) groups excluding carboxylic acids is 3. The van der Waals surface area contributed by atoms with Crippen LogP contribution in [0.15, 0.2) is 48.9 Å². The van der Waals surface area contributed by atoms with Crippen LogP contribution in [-0.2, 0) is 22.3 Å². The second-order valence-electron chi connectivity index (χ2n) is 12.2. The fourth-order valence-electron chi connectivity index (χ4n) is 6.41. The topological polar surface area (TPSA) is 114 Å². The minimum atomic E-state index is -4.81. The molecule has 1 N–H and O–H groups in total. The molecule has 0 radical (unpaired) electrons. The molecule has 2 amide bonds. The van der Waals surface area contributed by atoms with Gasteiger partial charge in [0.2, 0.25) is 11.8 Å². The number of pyridine rings is 1. The lowest BCUT2D eigenvalue weighted by atomic mass is 10.0. The Morgan fingerprint density at radius 1 is 1.11 bits per heavy atom. The quantitative estimate of drug-likeness (QED) is 0.229. The first-order valence-electron chi connectivity index (χ1n) is 17.3. The maximum atomic E-state index is 14.3. The number of amides is 2. The van der Waals surface area contributed by atoms with Gasteiger partial charge in [-0.2, -0.15) is 18.3 Å². The molecule has 5 heterocycles. The Hall–Kier alpha value is -5.07. The van der Waals surface area contributed by atoms with Gasteiger partial charge in [0.25, 0.3) is 0 Å². The molecule has 3 atom stereocenters. The Labute approximate surface area is 274 Å². The fourth-order valence-corrected chi connectivity index (χ4v) is 6.41. The molecular weight excluding hydrogens is 611 g/mol. The third kappa shape index (κ3) is 5.23. The van der Waals surface area contributed by atoms with Crippen molar-refractivity contribution in [3.8, 4) is 11.1 Å². The molecule has 242 valence electrons. The van der Waals surface area contributed by atoms with Crippen LogP contribution in [0.5, 0.6) is 0 Å². The highest BCUT2D eigenvalue weighted by Gasteiger charge is 2.64. The number of benzene rings is 1. The number of likely N-dealkylation sites (tertiary alicyclic amines) is 1. The van der Waals surface area contributed by atoms with E-state index in [2.05, 4.69) is 20.4 Å². The number of nitrogens with zero attached hydrogens (tertiary/aromatic N) is 6. The average molecular weight is 649 g/mol. The van der Waals surface area contributed by atoms with Crippen molar-refractivity contribution in [3.63, 3.8) is 0 Å². The summed E-state index contributed by atoms with van der Waals surface area (Å²) in [6, 6.07) is 4.26. The number of nitrogens with one attached hydrogen (secondary N) is 1. The highest BCUT2D eigenvalue weighted by atomic mass is 19.4. The van der Waals surface area contributed by atoms with Crippen molar-refractivity contribution in [2.45, 2.75) is 72.1 Å². The summed E-state index contributed by atoms with van der Waals surface area (Å²) in [6.07, 6.45) is -2.84. The zero-order valence-electron chi connectivity index (χ0n) is 30.7. The summed E-state index contributed by atoms with van der Waals surface area (Å²) in [5, 5.41) is 7.27. The predicted molar refractivity (Wildman–Crippen MR) is 168 cm³/mol. The van der Waals surface area contributed by atoms with E-state index < -0.39 is 73.2 Å². The lowest BCUT2D eigenvalue weighted by Gasteiger charge is -2.27. The second kappa shape index (κ2) is 10.5. The summed E-state index contributed by atoms with van der Waals surface area (Å²) in [5.74, 6) is -2.54. The van der Waals surface area contributed by atoms with E-state index in [-0.39, 0.29) is 16.9 Å². The first-order valence-corrected chi connectivity index (χ1v) is 14.8. The molecule has 5 aromatic rings. The van der Waals surface area contributed by atoms with Gasteiger partial charge in [-0.1, -0.05) is 12.9 Å². The molecule has 2 aliphatic rings. The third-order valence-corrected chi connectivity index (χ3v) is 8.74. The molecule has 10 nitrogen and oxygen atoms in total. The summed E-state index contributed by atoms with van der Waals surface area (Å²) in [6.45, 7) is 3.00. The van der Waals surface area contributed by atoms with Crippen molar-refractivity contribution in [3.05, 3.63) is 77.0 Å². The minimum Gasteiger partial charge on any atom is -0.337 e. The summed E-state index contributed by atoms with van der Waals surface area (Å²) in [5.41, 5.74) is 1.18. The monoisotopic (exact) mass is 648 g/mol. The Balaban J connectivity index is 1.26. The van der Waals surface area contributed by atoms with Gasteiger partial charge in [-0.25, -0.2) is 14.5 Å². The van der Waals surface area contributed by atoms with Gasteiger partial charge < -0.3 is 14.8 Å². The molecule has 4 aromatic heterocycles. The van der Waals surface area contributed by atoms with Crippen LogP contribution in [0.3, 0.4) is 0 Å². The van der Waals surface area contributed by atoms with Gasteiger partial charge in [-0.15, -0.1) is 0 Å². The Morgan fingerprint density at radius 3 is 2.62 bits per heavy atom. The van der Waals surface area contributed by atoms with Gasteiger partial charge in [0.15, 0.2) is 11.4 Å². The summed E-state index contributed by atoms with van der Waals surface area (Å²) < 4.78 is 85.3. The number of halogens is 3. The van der Waals surface area contributed by atoms with E-state index in [1.807, 2.05) is 19.1 Å². The Kier molecular flexibility index (Phi) is 5.59. The smallest absolute Gasteiger partial charge is 0.337 e. The number of Topliss-reactive ketones (excluding diaryl/α,β-unsaturated/α-hetero) is 1. The number of anilines is 1. The molecule has 7 rings (SSSR count). The Morgan fingerprint density at radius 2 is 1.89 bits per heavy atom. The third-order valence-electron chi connectivity index (χ3n) is 8.74. The summed E-state index contributed by atoms with van der Waals surface area (Å²) >= 11 is 0. The lowest BCUT2D eigenvalue weighted by Crippen LogP contribution is -2.46. The van der Waals surface area contributed by atoms with Crippen LogP contribution in [0, 0.1) is 26.2 Å². The van der Waals surface area contributed by atoms with Crippen molar-refractivity contribution in [1.29, 1.82) is 0 Å². The van der Waals surface area contributed by atoms with Crippen LogP contribution < -0.4 is 5.32 Å². The van der Waals surface area contributed by atoms with Crippen LogP contribution in [0.4, 0.5) is 19.0 Å². The predicted octanol–water partition coefficient (Wildman–Crippen LogP) is 5.91. The molecule has 0 bridgehead atoms. The van der Waals surface area contributed by atoms with Crippen molar-refractivity contribution >= 4 is 40.0 Å². The molecule has 2 fully saturated rings. The largest absolute Gasteiger partial charge is 0.433 e. The van der Waals surface area contributed by atoms with Crippen molar-refractivity contribution in [2.24, 2.45) is 5.41 Å². The molecule has 0 unspecified atom stereocenters. The first-order chi connectivity index (χ1) is 24.2.